The molecule has 1 aromatic carbocycles. The molecule has 1 aliphatic rings. The number of nitrogens with zero attached hydrogens (tertiary/aromatic N) is 1. The van der Waals surface area contributed by atoms with Crippen LogP contribution in [0.25, 0.3) is 0 Å². The minimum atomic E-state index is -0.131. The summed E-state index contributed by atoms with van der Waals surface area (Å²) < 4.78 is 5.71. The summed E-state index contributed by atoms with van der Waals surface area (Å²) in [5.41, 5.74) is 3.32. The number of carbonyl (C=O) groups excluding carboxylic acids is 1. The van der Waals surface area contributed by atoms with Gasteiger partial charge in [-0.2, -0.15) is 0 Å². The molecule has 1 aliphatic heterocycles. The summed E-state index contributed by atoms with van der Waals surface area (Å²) in [6.45, 7) is 4.31. The SMILES string of the molecule is Cc1cc(C(=O)Nc2ccc(C3CNCCO3)cc2)ccn1. The minimum Gasteiger partial charge on any atom is -0.371 e. The Morgan fingerprint density at radius 2 is 2.14 bits per heavy atom. The average Bonchev–Trinajstić information content (AvgIpc) is 2.56. The number of rotatable bonds is 3. The first-order chi connectivity index (χ1) is 10.7. The van der Waals surface area contributed by atoms with E-state index in [9.17, 15) is 4.79 Å². The van der Waals surface area contributed by atoms with Crippen LogP contribution in [-0.2, 0) is 4.74 Å². The number of hydrogen-bond donors (Lipinski definition) is 2. The Morgan fingerprint density at radius 1 is 1.32 bits per heavy atom. The van der Waals surface area contributed by atoms with E-state index in [0.717, 1.165) is 36.6 Å². The van der Waals surface area contributed by atoms with Crippen LogP contribution in [0.2, 0.25) is 0 Å². The Kier molecular flexibility index (Phi) is 4.46. The molecule has 0 spiro atoms. The molecule has 114 valence electrons. The maximum atomic E-state index is 12.2. The first kappa shape index (κ1) is 14.7. The lowest BCUT2D eigenvalue weighted by molar-refractivity contribution is 0.0277. The molecule has 1 fully saturated rings. The van der Waals surface area contributed by atoms with E-state index in [2.05, 4.69) is 15.6 Å². The van der Waals surface area contributed by atoms with Crippen molar-refractivity contribution in [2.24, 2.45) is 0 Å². The van der Waals surface area contributed by atoms with Crippen molar-refractivity contribution in [2.45, 2.75) is 13.0 Å². The second kappa shape index (κ2) is 6.68. The van der Waals surface area contributed by atoms with Crippen LogP contribution in [0.15, 0.2) is 42.6 Å². The standard InChI is InChI=1S/C17H19N3O2/c1-12-10-14(6-7-19-12)17(21)20-15-4-2-13(3-5-15)16-11-18-8-9-22-16/h2-7,10,16,18H,8-9,11H2,1H3,(H,20,21). The van der Waals surface area contributed by atoms with Crippen molar-refractivity contribution >= 4 is 11.6 Å². The van der Waals surface area contributed by atoms with Gasteiger partial charge in [0.05, 0.1) is 12.7 Å². The third-order valence-corrected chi connectivity index (χ3v) is 3.63. The minimum absolute atomic E-state index is 0.0846. The highest BCUT2D eigenvalue weighted by Gasteiger charge is 2.15. The molecule has 1 atom stereocenters. The number of ether oxygens (including phenoxy) is 1. The molecule has 5 nitrogen and oxygen atoms in total. The Morgan fingerprint density at radius 3 is 2.82 bits per heavy atom. The van der Waals surface area contributed by atoms with E-state index in [1.807, 2.05) is 31.2 Å². The fraction of sp³-hybridized carbons (Fsp3) is 0.294. The number of anilines is 1. The summed E-state index contributed by atoms with van der Waals surface area (Å²) in [5.74, 6) is -0.131. The van der Waals surface area contributed by atoms with Crippen LogP contribution in [0.4, 0.5) is 5.69 Å². The fourth-order valence-electron chi connectivity index (χ4n) is 2.45. The largest absolute Gasteiger partial charge is 0.371 e. The zero-order valence-corrected chi connectivity index (χ0v) is 12.5. The van der Waals surface area contributed by atoms with Gasteiger partial charge in [0.25, 0.3) is 5.91 Å². The van der Waals surface area contributed by atoms with Crippen LogP contribution in [0.5, 0.6) is 0 Å². The molecule has 0 aliphatic carbocycles. The number of aryl methyl sites for hydroxylation is 1. The van der Waals surface area contributed by atoms with Crippen molar-refractivity contribution in [1.29, 1.82) is 0 Å². The first-order valence-corrected chi connectivity index (χ1v) is 7.39. The number of amides is 1. The average molecular weight is 297 g/mol. The van der Waals surface area contributed by atoms with Gasteiger partial charge in [-0.15, -0.1) is 0 Å². The van der Waals surface area contributed by atoms with Crippen molar-refractivity contribution in [3.05, 3.63) is 59.4 Å². The second-order valence-electron chi connectivity index (χ2n) is 5.33. The lowest BCUT2D eigenvalue weighted by Crippen LogP contribution is -2.33. The van der Waals surface area contributed by atoms with Crippen LogP contribution in [0, 0.1) is 6.92 Å². The van der Waals surface area contributed by atoms with Crippen LogP contribution in [0.3, 0.4) is 0 Å². The summed E-state index contributed by atoms with van der Waals surface area (Å²) in [7, 11) is 0. The number of carbonyl (C=O) groups is 1. The number of hydrogen-bond acceptors (Lipinski definition) is 4. The molecule has 3 rings (SSSR count). The smallest absolute Gasteiger partial charge is 0.255 e. The highest BCUT2D eigenvalue weighted by molar-refractivity contribution is 6.04. The van der Waals surface area contributed by atoms with Gasteiger partial charge in [-0.3, -0.25) is 9.78 Å². The van der Waals surface area contributed by atoms with E-state index in [1.165, 1.54) is 0 Å². The molecule has 0 bridgehead atoms. The highest BCUT2D eigenvalue weighted by atomic mass is 16.5. The van der Waals surface area contributed by atoms with E-state index < -0.39 is 0 Å². The molecule has 0 saturated carbocycles. The van der Waals surface area contributed by atoms with E-state index in [4.69, 9.17) is 4.74 Å². The zero-order chi connectivity index (χ0) is 15.4. The number of aromatic nitrogens is 1. The predicted molar refractivity (Wildman–Crippen MR) is 84.9 cm³/mol. The molecule has 1 saturated heterocycles. The van der Waals surface area contributed by atoms with Crippen molar-refractivity contribution in [3.8, 4) is 0 Å². The van der Waals surface area contributed by atoms with Crippen LogP contribution < -0.4 is 10.6 Å². The summed E-state index contributed by atoms with van der Waals surface area (Å²) in [5, 5.41) is 6.20. The lowest BCUT2D eigenvalue weighted by Gasteiger charge is -2.24. The summed E-state index contributed by atoms with van der Waals surface area (Å²) >= 11 is 0. The Hall–Kier alpha value is -2.24. The Bertz CT molecular complexity index is 649. The van der Waals surface area contributed by atoms with Crippen molar-refractivity contribution in [1.82, 2.24) is 10.3 Å². The third kappa shape index (κ3) is 3.50. The van der Waals surface area contributed by atoms with E-state index in [-0.39, 0.29) is 12.0 Å². The highest BCUT2D eigenvalue weighted by Crippen LogP contribution is 2.21. The topological polar surface area (TPSA) is 63.2 Å². The van der Waals surface area contributed by atoms with Gasteiger partial charge in [-0.1, -0.05) is 12.1 Å². The quantitative estimate of drug-likeness (QED) is 0.912. The monoisotopic (exact) mass is 297 g/mol. The van der Waals surface area contributed by atoms with E-state index >= 15 is 0 Å². The van der Waals surface area contributed by atoms with Crippen LogP contribution in [0.1, 0.15) is 27.7 Å². The lowest BCUT2D eigenvalue weighted by atomic mass is 10.1. The molecule has 1 aromatic heterocycles. The molecule has 0 radical (unpaired) electrons. The summed E-state index contributed by atoms with van der Waals surface area (Å²) in [6, 6.07) is 11.3. The molecular weight excluding hydrogens is 278 g/mol. The zero-order valence-electron chi connectivity index (χ0n) is 12.5. The number of nitrogens with one attached hydrogen (secondary N) is 2. The molecule has 2 heterocycles. The maximum Gasteiger partial charge on any atom is 0.255 e. The van der Waals surface area contributed by atoms with Gasteiger partial charge in [0.2, 0.25) is 0 Å². The second-order valence-corrected chi connectivity index (χ2v) is 5.33. The van der Waals surface area contributed by atoms with Gasteiger partial charge in [0, 0.05) is 36.2 Å². The summed E-state index contributed by atoms with van der Waals surface area (Å²) in [4.78, 5) is 16.3. The van der Waals surface area contributed by atoms with Gasteiger partial charge < -0.3 is 15.4 Å². The van der Waals surface area contributed by atoms with E-state index in [1.54, 1.807) is 18.3 Å². The van der Waals surface area contributed by atoms with Gasteiger partial charge in [0.15, 0.2) is 0 Å². The number of morpholine rings is 1. The Balaban J connectivity index is 1.66. The van der Waals surface area contributed by atoms with Gasteiger partial charge in [0.1, 0.15) is 0 Å². The molecule has 2 N–H and O–H groups in total. The molecule has 1 unspecified atom stereocenters. The molecule has 5 heteroatoms. The fourth-order valence-corrected chi connectivity index (χ4v) is 2.45. The van der Waals surface area contributed by atoms with E-state index in [0.29, 0.717) is 5.56 Å². The van der Waals surface area contributed by atoms with Crippen molar-refractivity contribution in [2.75, 3.05) is 25.0 Å². The van der Waals surface area contributed by atoms with Gasteiger partial charge in [-0.25, -0.2) is 0 Å². The van der Waals surface area contributed by atoms with Crippen molar-refractivity contribution in [3.63, 3.8) is 0 Å². The molecule has 1 amide bonds. The van der Waals surface area contributed by atoms with Crippen LogP contribution >= 0.6 is 0 Å². The molecule has 22 heavy (non-hydrogen) atoms. The third-order valence-electron chi connectivity index (χ3n) is 3.63. The van der Waals surface area contributed by atoms with Gasteiger partial charge >= 0.3 is 0 Å². The molecule has 2 aromatic rings. The predicted octanol–water partition coefficient (Wildman–Crippen LogP) is 2.30. The molecular formula is C17H19N3O2. The Labute approximate surface area is 129 Å². The maximum absolute atomic E-state index is 12.2. The van der Waals surface area contributed by atoms with Crippen molar-refractivity contribution < 1.29 is 9.53 Å². The number of benzene rings is 1. The summed E-state index contributed by atoms with van der Waals surface area (Å²) in [6.07, 6.45) is 1.72. The number of pyridine rings is 1. The normalized spacial score (nSPS) is 18.0. The van der Waals surface area contributed by atoms with Crippen LogP contribution in [-0.4, -0.2) is 30.6 Å². The first-order valence-electron chi connectivity index (χ1n) is 7.39. The van der Waals surface area contributed by atoms with Gasteiger partial charge in [-0.05, 0) is 36.8 Å².